The molecule has 0 spiro atoms. The molecule has 1 saturated heterocycles. The number of halogens is 1. The van der Waals surface area contributed by atoms with Crippen LogP contribution in [0.5, 0.6) is 0 Å². The normalized spacial score (nSPS) is 14.4. The molecule has 4 N–H and O–H groups in total. The SMILES string of the molecule is Cc1ccc(N2CCN(CCNc3nc(N)n4nc(-c5cccnc5)nc4c3C=N)CC2)c(F)c1. The van der Waals surface area contributed by atoms with Crippen molar-refractivity contribution in [2.24, 2.45) is 0 Å². The Morgan fingerprint density at radius 3 is 2.71 bits per heavy atom. The van der Waals surface area contributed by atoms with E-state index in [-0.39, 0.29) is 11.8 Å². The van der Waals surface area contributed by atoms with Crippen LogP contribution in [0.15, 0.2) is 42.7 Å². The summed E-state index contributed by atoms with van der Waals surface area (Å²) in [6.45, 7) is 6.48. The summed E-state index contributed by atoms with van der Waals surface area (Å²) in [5.41, 5.74) is 9.47. The van der Waals surface area contributed by atoms with Crippen molar-refractivity contribution in [2.45, 2.75) is 6.92 Å². The van der Waals surface area contributed by atoms with Crippen molar-refractivity contribution in [2.75, 3.05) is 55.2 Å². The molecule has 1 aliphatic rings. The molecule has 1 aliphatic heterocycles. The lowest BCUT2D eigenvalue weighted by Crippen LogP contribution is -2.48. The van der Waals surface area contributed by atoms with E-state index in [9.17, 15) is 4.39 Å². The third-order valence-corrected chi connectivity index (χ3v) is 6.15. The number of aromatic nitrogens is 5. The minimum Gasteiger partial charge on any atom is -0.368 e. The molecule has 0 unspecified atom stereocenters. The van der Waals surface area contributed by atoms with Gasteiger partial charge in [-0.2, -0.15) is 9.50 Å². The van der Waals surface area contributed by atoms with E-state index in [1.54, 1.807) is 18.5 Å². The second kappa shape index (κ2) is 9.63. The highest BCUT2D eigenvalue weighted by Crippen LogP contribution is 2.23. The molecular weight excluding hydrogens is 447 g/mol. The summed E-state index contributed by atoms with van der Waals surface area (Å²) in [5.74, 6) is 0.980. The monoisotopic (exact) mass is 474 g/mol. The molecule has 4 heterocycles. The molecule has 35 heavy (non-hydrogen) atoms. The van der Waals surface area contributed by atoms with Gasteiger partial charge in [-0.1, -0.05) is 6.07 Å². The number of hydrogen-bond acceptors (Lipinski definition) is 9. The summed E-state index contributed by atoms with van der Waals surface area (Å²) in [5, 5.41) is 15.7. The largest absolute Gasteiger partial charge is 0.368 e. The van der Waals surface area contributed by atoms with E-state index in [4.69, 9.17) is 11.1 Å². The highest BCUT2D eigenvalue weighted by Gasteiger charge is 2.20. The number of piperazine rings is 1. The molecule has 0 bridgehead atoms. The number of aryl methyl sites for hydroxylation is 1. The van der Waals surface area contributed by atoms with Gasteiger partial charge in [0.05, 0.1) is 11.3 Å². The van der Waals surface area contributed by atoms with Crippen LogP contribution in [0.2, 0.25) is 0 Å². The molecular formula is C24H27FN10. The number of fused-ring (bicyclic) bond motifs is 1. The molecule has 0 atom stereocenters. The molecule has 1 aromatic carbocycles. The number of nitrogens with two attached hydrogens (primary N) is 1. The summed E-state index contributed by atoms with van der Waals surface area (Å²) in [6, 6.07) is 9.06. The molecule has 1 fully saturated rings. The lowest BCUT2D eigenvalue weighted by molar-refractivity contribution is 0.266. The zero-order valence-corrected chi connectivity index (χ0v) is 19.4. The Balaban J connectivity index is 1.24. The molecule has 4 aromatic rings. The Morgan fingerprint density at radius 1 is 1.17 bits per heavy atom. The highest BCUT2D eigenvalue weighted by molar-refractivity contribution is 5.93. The van der Waals surface area contributed by atoms with Crippen LogP contribution in [-0.4, -0.2) is 74.9 Å². The van der Waals surface area contributed by atoms with E-state index >= 15 is 0 Å². The van der Waals surface area contributed by atoms with E-state index in [0.717, 1.165) is 43.9 Å². The zero-order valence-electron chi connectivity index (χ0n) is 19.4. The van der Waals surface area contributed by atoms with Crippen molar-refractivity contribution in [1.29, 1.82) is 5.41 Å². The minimum absolute atomic E-state index is 0.168. The molecule has 3 aromatic heterocycles. The Morgan fingerprint density at radius 2 is 2.00 bits per heavy atom. The van der Waals surface area contributed by atoms with Gasteiger partial charge in [-0.05, 0) is 36.8 Å². The van der Waals surface area contributed by atoms with Gasteiger partial charge in [-0.15, -0.1) is 5.10 Å². The second-order valence-corrected chi connectivity index (χ2v) is 8.50. The summed E-state index contributed by atoms with van der Waals surface area (Å²) in [6.07, 6.45) is 4.57. The van der Waals surface area contributed by atoms with Crippen molar-refractivity contribution >= 4 is 29.3 Å². The summed E-state index contributed by atoms with van der Waals surface area (Å²) in [4.78, 5) is 17.5. The van der Waals surface area contributed by atoms with Gasteiger partial charge >= 0.3 is 0 Å². The Kier molecular flexibility index (Phi) is 6.23. The number of nitrogens with zero attached hydrogens (tertiary/aromatic N) is 7. The summed E-state index contributed by atoms with van der Waals surface area (Å²) >= 11 is 0. The second-order valence-electron chi connectivity index (χ2n) is 8.50. The van der Waals surface area contributed by atoms with Crippen LogP contribution < -0.4 is 16.0 Å². The third kappa shape index (κ3) is 4.62. The van der Waals surface area contributed by atoms with Crippen molar-refractivity contribution < 1.29 is 4.39 Å². The number of pyridine rings is 1. The lowest BCUT2D eigenvalue weighted by Gasteiger charge is -2.36. The number of hydrogen-bond donors (Lipinski definition) is 3. The van der Waals surface area contributed by atoms with Gasteiger partial charge in [0.1, 0.15) is 11.6 Å². The van der Waals surface area contributed by atoms with Gasteiger partial charge < -0.3 is 21.4 Å². The molecule has 11 heteroatoms. The Bertz CT molecular complexity index is 1350. The first-order valence-electron chi connectivity index (χ1n) is 11.5. The van der Waals surface area contributed by atoms with Crippen LogP contribution in [0.25, 0.3) is 17.0 Å². The van der Waals surface area contributed by atoms with Gasteiger partial charge in [0.25, 0.3) is 0 Å². The summed E-state index contributed by atoms with van der Waals surface area (Å²) in [7, 11) is 0. The first kappa shape index (κ1) is 22.7. The Hall–Kier alpha value is -4.12. The molecule has 0 aliphatic carbocycles. The third-order valence-electron chi connectivity index (χ3n) is 6.15. The number of nitrogens with one attached hydrogen (secondary N) is 2. The quantitative estimate of drug-likeness (QED) is 0.349. The van der Waals surface area contributed by atoms with Crippen molar-refractivity contribution in [3.63, 3.8) is 0 Å². The van der Waals surface area contributed by atoms with Crippen LogP contribution in [-0.2, 0) is 0 Å². The smallest absolute Gasteiger partial charge is 0.225 e. The number of rotatable bonds is 7. The van der Waals surface area contributed by atoms with E-state index < -0.39 is 0 Å². The van der Waals surface area contributed by atoms with E-state index in [0.29, 0.717) is 35.1 Å². The lowest BCUT2D eigenvalue weighted by atomic mass is 10.2. The fraction of sp³-hybridized carbons (Fsp3) is 0.292. The van der Waals surface area contributed by atoms with Gasteiger partial charge in [-0.3, -0.25) is 9.88 Å². The van der Waals surface area contributed by atoms with Gasteiger partial charge in [-0.25, -0.2) is 9.37 Å². The van der Waals surface area contributed by atoms with E-state index in [2.05, 4.69) is 35.2 Å². The summed E-state index contributed by atoms with van der Waals surface area (Å²) < 4.78 is 15.8. The topological polar surface area (TPSA) is 124 Å². The fourth-order valence-corrected chi connectivity index (χ4v) is 4.27. The number of benzene rings is 1. The van der Waals surface area contributed by atoms with Crippen molar-refractivity contribution in [3.8, 4) is 11.4 Å². The first-order chi connectivity index (χ1) is 17.0. The van der Waals surface area contributed by atoms with E-state index in [1.165, 1.54) is 10.7 Å². The van der Waals surface area contributed by atoms with E-state index in [1.807, 2.05) is 31.2 Å². The van der Waals surface area contributed by atoms with Crippen LogP contribution in [0, 0.1) is 18.2 Å². The van der Waals surface area contributed by atoms with Crippen molar-refractivity contribution in [3.05, 3.63) is 59.7 Å². The predicted octanol–water partition coefficient (Wildman–Crippen LogP) is 2.45. The highest BCUT2D eigenvalue weighted by atomic mass is 19.1. The van der Waals surface area contributed by atoms with Crippen LogP contribution in [0.4, 0.5) is 21.8 Å². The fourth-order valence-electron chi connectivity index (χ4n) is 4.27. The average molecular weight is 475 g/mol. The van der Waals surface area contributed by atoms with Gasteiger partial charge in [0, 0.05) is 63.4 Å². The minimum atomic E-state index is -0.168. The predicted molar refractivity (Wildman–Crippen MR) is 135 cm³/mol. The van der Waals surface area contributed by atoms with Gasteiger partial charge in [0.2, 0.25) is 5.95 Å². The standard InChI is InChI=1S/C24H27FN10/c1-16-4-5-20(19(25)13-16)34-11-9-33(10-12-34)8-7-29-22-18(14-26)23-30-21(17-3-2-6-28-15-17)32-35(23)24(27)31-22/h2-6,13-15,26,29H,7-12H2,1H3,(H2,27,31). The maximum absolute atomic E-state index is 14.3. The average Bonchev–Trinajstić information content (AvgIpc) is 3.32. The maximum Gasteiger partial charge on any atom is 0.225 e. The molecule has 180 valence electrons. The number of nitrogen functional groups attached to an aromatic ring is 1. The van der Waals surface area contributed by atoms with Crippen LogP contribution in [0.3, 0.4) is 0 Å². The number of anilines is 3. The van der Waals surface area contributed by atoms with Crippen LogP contribution >= 0.6 is 0 Å². The van der Waals surface area contributed by atoms with Crippen molar-refractivity contribution in [1.82, 2.24) is 29.5 Å². The zero-order chi connectivity index (χ0) is 24.4. The first-order valence-corrected chi connectivity index (χ1v) is 11.5. The van der Waals surface area contributed by atoms with Crippen LogP contribution in [0.1, 0.15) is 11.1 Å². The molecule has 10 nitrogen and oxygen atoms in total. The maximum atomic E-state index is 14.3. The molecule has 0 saturated carbocycles. The molecule has 0 radical (unpaired) electrons. The molecule has 0 amide bonds. The Labute approximate surface area is 202 Å². The molecule has 5 rings (SSSR count). The van der Waals surface area contributed by atoms with Gasteiger partial charge in [0.15, 0.2) is 11.5 Å².